The zero-order chi connectivity index (χ0) is 30.0. The van der Waals surface area contributed by atoms with E-state index in [1.54, 1.807) is 12.1 Å². The number of rotatable bonds is 9. The van der Waals surface area contributed by atoms with Crippen LogP contribution in [0.3, 0.4) is 0 Å². The van der Waals surface area contributed by atoms with Gasteiger partial charge in [0.05, 0.1) is 5.69 Å². The smallest absolute Gasteiger partial charge is 0.407 e. The summed E-state index contributed by atoms with van der Waals surface area (Å²) in [5.41, 5.74) is -0.192. The van der Waals surface area contributed by atoms with Crippen molar-refractivity contribution in [1.29, 1.82) is 0 Å². The van der Waals surface area contributed by atoms with Crippen LogP contribution in [0.2, 0.25) is 0 Å². The van der Waals surface area contributed by atoms with E-state index in [9.17, 15) is 14.4 Å². The topological polar surface area (TPSA) is 123 Å². The SMILES string of the molecule is CCCC(Cc1ccc(-n2ccc(NC(=O)n3ccnc3)nc2=O)cc1F)N1CC2C(CNC(=O)OC(C)(C)C)C2C1. The van der Waals surface area contributed by atoms with Gasteiger partial charge in [0.2, 0.25) is 0 Å². The fourth-order valence-corrected chi connectivity index (χ4v) is 5.87. The number of amides is 2. The number of alkyl carbamates (subject to hydrolysis) is 1. The van der Waals surface area contributed by atoms with Crippen molar-refractivity contribution in [2.24, 2.45) is 17.8 Å². The molecule has 2 aromatic heterocycles. The lowest BCUT2D eigenvalue weighted by Crippen LogP contribution is -2.39. The zero-order valence-electron chi connectivity index (χ0n) is 24.4. The number of ether oxygens (including phenoxy) is 1. The van der Waals surface area contributed by atoms with Gasteiger partial charge in [0.1, 0.15) is 23.6 Å². The average Bonchev–Trinajstić information content (AvgIpc) is 3.30. The Labute approximate surface area is 244 Å². The number of nitrogens with one attached hydrogen (secondary N) is 2. The molecular weight excluding hydrogens is 541 g/mol. The molecule has 0 radical (unpaired) electrons. The lowest BCUT2D eigenvalue weighted by Gasteiger charge is -2.30. The van der Waals surface area contributed by atoms with Crippen molar-refractivity contribution in [3.8, 4) is 5.69 Å². The Morgan fingerprint density at radius 1 is 1.17 bits per heavy atom. The number of piperidine rings is 1. The number of halogens is 1. The number of hydrogen-bond acceptors (Lipinski definition) is 7. The number of benzene rings is 1. The van der Waals surface area contributed by atoms with Crippen LogP contribution in [0.25, 0.3) is 5.69 Å². The third-order valence-electron chi connectivity index (χ3n) is 7.97. The summed E-state index contributed by atoms with van der Waals surface area (Å²) in [5, 5.41) is 5.44. The Morgan fingerprint density at radius 3 is 2.55 bits per heavy atom. The minimum absolute atomic E-state index is 0.0842. The molecule has 2 fully saturated rings. The Balaban J connectivity index is 1.18. The number of aromatic nitrogens is 4. The van der Waals surface area contributed by atoms with Crippen molar-refractivity contribution in [2.75, 3.05) is 25.0 Å². The molecule has 3 heterocycles. The highest BCUT2D eigenvalue weighted by Gasteiger charge is 2.56. The van der Waals surface area contributed by atoms with Crippen LogP contribution >= 0.6 is 0 Å². The molecule has 3 aromatic rings. The molecule has 1 aliphatic carbocycles. The van der Waals surface area contributed by atoms with E-state index in [0.717, 1.165) is 25.9 Å². The molecule has 2 N–H and O–H groups in total. The van der Waals surface area contributed by atoms with E-state index < -0.39 is 17.3 Å². The molecule has 5 rings (SSSR count). The van der Waals surface area contributed by atoms with Crippen LogP contribution < -0.4 is 16.3 Å². The van der Waals surface area contributed by atoms with Gasteiger partial charge >= 0.3 is 17.8 Å². The lowest BCUT2D eigenvalue weighted by molar-refractivity contribution is 0.0521. The fourth-order valence-electron chi connectivity index (χ4n) is 5.87. The summed E-state index contributed by atoms with van der Waals surface area (Å²) in [6, 6.07) is 5.99. The van der Waals surface area contributed by atoms with Gasteiger partial charge in [-0.05, 0) is 75.1 Å². The maximum Gasteiger partial charge on any atom is 0.407 e. The molecule has 1 saturated heterocycles. The Hall–Kier alpha value is -4.06. The van der Waals surface area contributed by atoms with Crippen LogP contribution in [0.1, 0.15) is 46.1 Å². The van der Waals surface area contributed by atoms with Crippen molar-refractivity contribution >= 4 is 17.9 Å². The van der Waals surface area contributed by atoms with Gasteiger partial charge in [0, 0.05) is 44.3 Å². The van der Waals surface area contributed by atoms with E-state index in [1.807, 2.05) is 20.8 Å². The van der Waals surface area contributed by atoms with Crippen molar-refractivity contribution in [1.82, 2.24) is 29.3 Å². The normalized spacial score (nSPS) is 20.5. The first-order valence-corrected chi connectivity index (χ1v) is 14.4. The summed E-state index contributed by atoms with van der Waals surface area (Å²) in [6.07, 6.45) is 7.87. The van der Waals surface area contributed by atoms with Gasteiger partial charge in [-0.25, -0.2) is 23.8 Å². The molecule has 1 aliphatic heterocycles. The van der Waals surface area contributed by atoms with E-state index in [1.165, 1.54) is 46.2 Å². The van der Waals surface area contributed by atoms with Crippen LogP contribution in [0, 0.1) is 23.6 Å². The Kier molecular flexibility index (Phi) is 8.44. The van der Waals surface area contributed by atoms with E-state index in [-0.39, 0.29) is 23.8 Å². The molecule has 0 spiro atoms. The molecule has 42 heavy (non-hydrogen) atoms. The van der Waals surface area contributed by atoms with E-state index in [0.29, 0.717) is 42.0 Å². The highest BCUT2D eigenvalue weighted by molar-refractivity contribution is 5.89. The van der Waals surface area contributed by atoms with E-state index >= 15 is 4.39 Å². The summed E-state index contributed by atoms with van der Waals surface area (Å²) in [6.45, 7) is 10.2. The highest BCUT2D eigenvalue weighted by atomic mass is 19.1. The molecule has 11 nitrogen and oxygen atoms in total. The van der Waals surface area contributed by atoms with Crippen molar-refractivity contribution in [3.63, 3.8) is 0 Å². The van der Waals surface area contributed by atoms with Crippen molar-refractivity contribution < 1.29 is 18.7 Å². The second-order valence-electron chi connectivity index (χ2n) is 12.1. The fraction of sp³-hybridized carbons (Fsp3) is 0.500. The largest absolute Gasteiger partial charge is 0.444 e. The van der Waals surface area contributed by atoms with E-state index in [2.05, 4.69) is 32.4 Å². The van der Waals surface area contributed by atoms with Crippen LogP contribution in [0.15, 0.2) is 54.0 Å². The average molecular weight is 580 g/mol. The van der Waals surface area contributed by atoms with Crippen LogP contribution in [-0.4, -0.2) is 67.4 Å². The standard InChI is InChI=1S/C30H38FN7O4/c1-5-6-20(37-16-23-22(24(23)17-37)15-33-29(41)42-30(2,3)4)13-19-7-8-21(14-25(19)31)38-11-9-26(35-28(38)40)34-27(39)36-12-10-32-18-36/h7-12,14,18,20,22-24H,5-6,13,15-17H2,1-4H3,(H,33,41)(H,34,35,39,40). The third-order valence-corrected chi connectivity index (χ3v) is 7.97. The Morgan fingerprint density at radius 2 is 1.93 bits per heavy atom. The molecule has 3 unspecified atom stereocenters. The molecule has 2 amide bonds. The lowest BCUT2D eigenvalue weighted by atomic mass is 9.99. The Bertz CT molecular complexity index is 1470. The summed E-state index contributed by atoms with van der Waals surface area (Å²) in [5.74, 6) is 1.25. The minimum Gasteiger partial charge on any atom is -0.444 e. The monoisotopic (exact) mass is 579 g/mol. The minimum atomic E-state index is -0.638. The van der Waals surface area contributed by atoms with Gasteiger partial charge in [-0.3, -0.25) is 19.4 Å². The second kappa shape index (κ2) is 12.0. The summed E-state index contributed by atoms with van der Waals surface area (Å²) < 4.78 is 23.1. The number of carbonyl (C=O) groups is 2. The van der Waals surface area contributed by atoms with Gasteiger partial charge in [-0.2, -0.15) is 4.98 Å². The van der Waals surface area contributed by atoms with Crippen LogP contribution in [-0.2, 0) is 11.2 Å². The predicted molar refractivity (Wildman–Crippen MR) is 155 cm³/mol. The highest BCUT2D eigenvalue weighted by Crippen LogP contribution is 2.52. The maximum atomic E-state index is 15.3. The van der Waals surface area contributed by atoms with Gasteiger partial charge in [-0.15, -0.1) is 0 Å². The molecule has 1 aromatic carbocycles. The summed E-state index contributed by atoms with van der Waals surface area (Å²) in [7, 11) is 0. The van der Waals surface area contributed by atoms with Gasteiger partial charge in [0.25, 0.3) is 0 Å². The first-order valence-electron chi connectivity index (χ1n) is 14.4. The number of likely N-dealkylation sites (tertiary alicyclic amines) is 1. The second-order valence-corrected chi connectivity index (χ2v) is 12.1. The maximum absolute atomic E-state index is 15.3. The van der Waals surface area contributed by atoms with Gasteiger partial charge < -0.3 is 10.1 Å². The quantitative estimate of drug-likeness (QED) is 0.392. The van der Waals surface area contributed by atoms with Gasteiger partial charge in [0.15, 0.2) is 0 Å². The number of imidazole rings is 1. The van der Waals surface area contributed by atoms with Crippen LogP contribution in [0.5, 0.6) is 0 Å². The first-order chi connectivity index (χ1) is 20.0. The number of hydrogen-bond donors (Lipinski definition) is 2. The van der Waals surface area contributed by atoms with Crippen molar-refractivity contribution in [2.45, 2.75) is 58.6 Å². The summed E-state index contributed by atoms with van der Waals surface area (Å²) in [4.78, 5) is 47.0. The van der Waals surface area contributed by atoms with Crippen molar-refractivity contribution in [3.05, 3.63) is 71.0 Å². The molecule has 3 atom stereocenters. The molecule has 0 bridgehead atoms. The zero-order valence-corrected chi connectivity index (χ0v) is 24.4. The number of nitrogens with zero attached hydrogens (tertiary/aromatic N) is 5. The molecular formula is C30H38FN7O4. The van der Waals surface area contributed by atoms with E-state index in [4.69, 9.17) is 4.74 Å². The molecule has 12 heteroatoms. The third kappa shape index (κ3) is 6.87. The molecule has 2 aliphatic rings. The number of fused-ring (bicyclic) bond motifs is 1. The number of anilines is 1. The molecule has 224 valence electrons. The van der Waals surface area contributed by atoms with Gasteiger partial charge in [-0.1, -0.05) is 19.4 Å². The summed E-state index contributed by atoms with van der Waals surface area (Å²) >= 11 is 0. The molecule has 1 saturated carbocycles. The van der Waals surface area contributed by atoms with Crippen LogP contribution in [0.4, 0.5) is 19.8 Å². The first kappa shape index (κ1) is 29.4. The predicted octanol–water partition coefficient (Wildman–Crippen LogP) is 4.06. The number of carbonyl (C=O) groups excluding carboxylic acids is 2.